The van der Waals surface area contributed by atoms with Crippen molar-refractivity contribution in [2.45, 2.75) is 12.5 Å². The summed E-state index contributed by atoms with van der Waals surface area (Å²) in [7, 11) is 0. The van der Waals surface area contributed by atoms with Crippen molar-refractivity contribution in [2.75, 3.05) is 17.4 Å². The van der Waals surface area contributed by atoms with E-state index in [1.54, 1.807) is 18.2 Å². The van der Waals surface area contributed by atoms with Gasteiger partial charge in [-0.1, -0.05) is 0 Å². The van der Waals surface area contributed by atoms with Crippen LogP contribution in [0.25, 0.3) is 0 Å². The summed E-state index contributed by atoms with van der Waals surface area (Å²) in [6.45, 7) is 0.165. The zero-order valence-electron chi connectivity index (χ0n) is 11.3. The van der Waals surface area contributed by atoms with Crippen molar-refractivity contribution in [1.82, 2.24) is 14.8 Å². The number of aromatic nitrogens is 3. The number of nitrogens with zero attached hydrogens (tertiary/aromatic N) is 3. The molecule has 0 saturated heterocycles. The number of ether oxygens (including phenoxy) is 2. The normalized spacial score (nSPS) is 18.5. The fourth-order valence-electron chi connectivity index (χ4n) is 2.41. The van der Waals surface area contributed by atoms with Gasteiger partial charge in [0.15, 0.2) is 11.5 Å². The molecule has 0 radical (unpaired) electrons. The first-order chi connectivity index (χ1) is 10.7. The number of rotatable bonds is 2. The number of carbonyl (C=O) groups excluding carboxylic acids is 2. The van der Waals surface area contributed by atoms with E-state index in [9.17, 15) is 9.59 Å². The summed E-state index contributed by atoms with van der Waals surface area (Å²) in [6.07, 6.45) is 1.30. The van der Waals surface area contributed by atoms with Crippen molar-refractivity contribution >= 4 is 23.5 Å². The van der Waals surface area contributed by atoms with Crippen molar-refractivity contribution < 1.29 is 19.1 Å². The Labute approximate surface area is 124 Å². The van der Waals surface area contributed by atoms with Gasteiger partial charge in [0.25, 0.3) is 0 Å². The van der Waals surface area contributed by atoms with Gasteiger partial charge in [0, 0.05) is 11.8 Å². The Balaban J connectivity index is 1.57. The number of carbonyl (C=O) groups is 2. The Morgan fingerprint density at radius 1 is 1.36 bits per heavy atom. The number of hydrogen-bond donors (Lipinski definition) is 2. The van der Waals surface area contributed by atoms with Crippen LogP contribution < -0.4 is 20.1 Å². The van der Waals surface area contributed by atoms with E-state index < -0.39 is 6.04 Å². The third-order valence-corrected chi connectivity index (χ3v) is 3.44. The van der Waals surface area contributed by atoms with Crippen LogP contribution in [0.1, 0.15) is 12.5 Å². The smallest absolute Gasteiger partial charge is 0.249 e. The molecule has 0 bridgehead atoms. The van der Waals surface area contributed by atoms with Crippen LogP contribution >= 0.6 is 0 Å². The molecule has 112 valence electrons. The minimum atomic E-state index is -0.739. The molecule has 1 aromatic heterocycles. The molecule has 0 unspecified atom stereocenters. The highest BCUT2D eigenvalue weighted by molar-refractivity contribution is 6.00. The van der Waals surface area contributed by atoms with Gasteiger partial charge in [0.2, 0.25) is 24.6 Å². The molecule has 2 aliphatic rings. The second kappa shape index (κ2) is 4.72. The zero-order valence-corrected chi connectivity index (χ0v) is 11.3. The molecule has 2 aliphatic heterocycles. The van der Waals surface area contributed by atoms with Crippen LogP contribution in [-0.2, 0) is 9.59 Å². The van der Waals surface area contributed by atoms with Crippen molar-refractivity contribution in [3.63, 3.8) is 0 Å². The molecular weight excluding hydrogens is 290 g/mol. The van der Waals surface area contributed by atoms with E-state index in [4.69, 9.17) is 9.47 Å². The maximum atomic E-state index is 12.4. The molecule has 1 atom stereocenters. The summed E-state index contributed by atoms with van der Waals surface area (Å²) in [4.78, 5) is 28.0. The quantitative estimate of drug-likeness (QED) is 0.837. The zero-order chi connectivity index (χ0) is 15.1. The van der Waals surface area contributed by atoms with Gasteiger partial charge in [-0.2, -0.15) is 10.1 Å². The van der Waals surface area contributed by atoms with Crippen LogP contribution in [0.5, 0.6) is 11.5 Å². The summed E-state index contributed by atoms with van der Waals surface area (Å²) in [5, 5.41) is 9.28. The molecule has 22 heavy (non-hydrogen) atoms. The fourth-order valence-corrected chi connectivity index (χ4v) is 2.41. The lowest BCUT2D eigenvalue weighted by molar-refractivity contribution is -0.125. The Morgan fingerprint density at radius 3 is 3.14 bits per heavy atom. The van der Waals surface area contributed by atoms with Gasteiger partial charge in [0.1, 0.15) is 12.4 Å². The van der Waals surface area contributed by atoms with Crippen LogP contribution in [-0.4, -0.2) is 33.4 Å². The third kappa shape index (κ3) is 2.03. The number of fused-ring (bicyclic) bond motifs is 2. The van der Waals surface area contributed by atoms with Gasteiger partial charge in [-0.05, 0) is 12.1 Å². The molecule has 3 heterocycles. The predicted molar refractivity (Wildman–Crippen MR) is 73.5 cm³/mol. The van der Waals surface area contributed by atoms with Crippen LogP contribution in [0, 0.1) is 0 Å². The molecule has 0 saturated carbocycles. The molecule has 2 amide bonds. The predicted octanol–water partition coefficient (Wildman–Crippen LogP) is 0.529. The fraction of sp³-hybridized carbons (Fsp3) is 0.231. The summed E-state index contributed by atoms with van der Waals surface area (Å²) >= 11 is 0. The highest BCUT2D eigenvalue weighted by Crippen LogP contribution is 2.34. The molecular formula is C13H11N5O4. The number of amides is 2. The highest BCUT2D eigenvalue weighted by Gasteiger charge is 2.32. The maximum absolute atomic E-state index is 12.4. The lowest BCUT2D eigenvalue weighted by Crippen LogP contribution is -2.35. The Morgan fingerprint density at radius 2 is 2.23 bits per heavy atom. The number of nitrogens with one attached hydrogen (secondary N) is 2. The largest absolute Gasteiger partial charge is 0.454 e. The van der Waals surface area contributed by atoms with Crippen LogP contribution in [0.4, 0.5) is 11.6 Å². The first-order valence-electron chi connectivity index (χ1n) is 6.60. The molecule has 9 heteroatoms. The summed E-state index contributed by atoms with van der Waals surface area (Å²) < 4.78 is 11.9. The van der Waals surface area contributed by atoms with Gasteiger partial charge in [-0.3, -0.25) is 14.9 Å². The first kappa shape index (κ1) is 12.6. The highest BCUT2D eigenvalue weighted by atomic mass is 16.7. The number of benzene rings is 1. The minimum absolute atomic E-state index is 0.00669. The minimum Gasteiger partial charge on any atom is -0.454 e. The van der Waals surface area contributed by atoms with Crippen molar-refractivity contribution in [1.29, 1.82) is 0 Å². The van der Waals surface area contributed by atoms with Crippen LogP contribution in [0.2, 0.25) is 0 Å². The number of anilines is 2. The molecule has 2 N–H and O–H groups in total. The second-order valence-electron chi connectivity index (χ2n) is 4.85. The molecule has 0 aliphatic carbocycles. The van der Waals surface area contributed by atoms with E-state index in [0.717, 1.165) is 0 Å². The molecule has 9 nitrogen and oxygen atoms in total. The monoisotopic (exact) mass is 301 g/mol. The Kier molecular flexibility index (Phi) is 2.71. The molecule has 1 aromatic carbocycles. The standard InChI is InChI=1S/C13H11N5O4/c19-11-4-8(18-13(17-11)14-5-15-18)12(20)16-7-1-2-9-10(3-7)22-6-21-9/h1-3,5,8H,4,6H2,(H,16,20)(H,14,15,17,19)/t8-/m1/s1. The van der Waals surface area contributed by atoms with Gasteiger partial charge in [-0.15, -0.1) is 0 Å². The third-order valence-electron chi connectivity index (χ3n) is 3.44. The van der Waals surface area contributed by atoms with Gasteiger partial charge in [-0.25, -0.2) is 4.68 Å². The van der Waals surface area contributed by atoms with E-state index in [2.05, 4.69) is 20.7 Å². The summed E-state index contributed by atoms with van der Waals surface area (Å²) in [5.41, 5.74) is 0.557. The lowest BCUT2D eigenvalue weighted by Gasteiger charge is -2.22. The summed E-state index contributed by atoms with van der Waals surface area (Å²) in [5.74, 6) is 0.850. The van der Waals surface area contributed by atoms with Gasteiger partial charge in [0.05, 0.1) is 6.42 Å². The SMILES string of the molecule is O=C1C[C@H](C(=O)Nc2ccc3c(c2)OCO3)n2ncnc2N1. The molecule has 0 spiro atoms. The average molecular weight is 301 g/mol. The van der Waals surface area contributed by atoms with E-state index in [0.29, 0.717) is 17.2 Å². The summed E-state index contributed by atoms with van der Waals surface area (Å²) in [6, 6.07) is 4.35. The number of hydrogen-bond acceptors (Lipinski definition) is 6. The van der Waals surface area contributed by atoms with E-state index in [1.165, 1.54) is 11.0 Å². The van der Waals surface area contributed by atoms with E-state index in [-0.39, 0.29) is 31.0 Å². The Hall–Kier alpha value is -3.10. The van der Waals surface area contributed by atoms with Crippen LogP contribution in [0.15, 0.2) is 24.5 Å². The van der Waals surface area contributed by atoms with E-state index >= 15 is 0 Å². The Bertz CT molecular complexity index is 772. The van der Waals surface area contributed by atoms with Crippen LogP contribution in [0.3, 0.4) is 0 Å². The van der Waals surface area contributed by atoms with Gasteiger partial charge < -0.3 is 14.8 Å². The molecule has 4 rings (SSSR count). The van der Waals surface area contributed by atoms with Crippen molar-refractivity contribution in [3.05, 3.63) is 24.5 Å². The molecule has 0 fully saturated rings. The molecule has 2 aromatic rings. The van der Waals surface area contributed by atoms with Gasteiger partial charge >= 0.3 is 0 Å². The maximum Gasteiger partial charge on any atom is 0.249 e. The van der Waals surface area contributed by atoms with Crippen molar-refractivity contribution in [3.8, 4) is 11.5 Å². The average Bonchev–Trinajstić information content (AvgIpc) is 3.13. The van der Waals surface area contributed by atoms with E-state index in [1.807, 2.05) is 0 Å². The first-order valence-corrected chi connectivity index (χ1v) is 6.60. The lowest BCUT2D eigenvalue weighted by atomic mass is 10.1. The second-order valence-corrected chi connectivity index (χ2v) is 4.85. The van der Waals surface area contributed by atoms with Crippen molar-refractivity contribution in [2.24, 2.45) is 0 Å². The topological polar surface area (TPSA) is 107 Å².